The number of nitrogen functional groups attached to an aromatic ring is 1. The number of H-pyrrole nitrogens is 2. The van der Waals surface area contributed by atoms with Crippen LogP contribution in [0.5, 0.6) is 0 Å². The number of alkyl halides is 6. The molecule has 6 heterocycles. The molecule has 4 aromatic heterocycles. The van der Waals surface area contributed by atoms with Crippen molar-refractivity contribution in [2.24, 2.45) is 0 Å². The van der Waals surface area contributed by atoms with Crippen molar-refractivity contribution in [1.29, 1.82) is 0 Å². The molecule has 71 heavy (non-hydrogen) atoms. The van der Waals surface area contributed by atoms with Gasteiger partial charge in [-0.15, -0.1) is 0 Å². The normalized spacial score (nSPS) is 14.9. The first-order valence-electron chi connectivity index (χ1n) is 22.3. The Kier molecular flexibility index (Phi) is 14.6. The monoisotopic (exact) mass is 1000 g/mol. The van der Waals surface area contributed by atoms with Crippen LogP contribution in [0, 0.1) is 13.8 Å². The predicted octanol–water partition coefficient (Wildman–Crippen LogP) is 9.67. The van der Waals surface area contributed by atoms with Crippen LogP contribution in [-0.4, -0.2) is 118 Å². The molecule has 4 N–H and O–H groups in total. The lowest BCUT2D eigenvalue weighted by atomic mass is 10.0. The van der Waals surface area contributed by atoms with Crippen molar-refractivity contribution in [2.75, 3.05) is 82.0 Å². The number of benzene rings is 4. The zero-order valence-electron chi connectivity index (χ0n) is 38.9. The minimum Gasteiger partial charge on any atom is -0.399 e. The van der Waals surface area contributed by atoms with Crippen LogP contribution in [0.1, 0.15) is 48.9 Å². The number of hydrogen-bond acceptors (Lipinski definition) is 13. The predicted molar refractivity (Wildman–Crippen MR) is 258 cm³/mol. The Morgan fingerprint density at radius 1 is 0.634 bits per heavy atom. The lowest BCUT2D eigenvalue weighted by Crippen LogP contribution is -2.45. The van der Waals surface area contributed by atoms with Crippen LogP contribution in [0.4, 0.5) is 43.4 Å². The average molecular weight is 1000 g/mol. The van der Waals surface area contributed by atoms with Gasteiger partial charge < -0.3 is 44.3 Å². The molecule has 0 spiro atoms. The van der Waals surface area contributed by atoms with E-state index in [4.69, 9.17) is 21.9 Å². The van der Waals surface area contributed by atoms with Gasteiger partial charge in [-0.2, -0.15) is 26.3 Å². The third-order valence-corrected chi connectivity index (χ3v) is 12.5. The molecule has 2 saturated heterocycles. The first-order valence-corrected chi connectivity index (χ1v) is 22.7. The van der Waals surface area contributed by atoms with Gasteiger partial charge in [0.1, 0.15) is 23.2 Å². The van der Waals surface area contributed by atoms with Crippen molar-refractivity contribution in [3.8, 4) is 22.8 Å². The van der Waals surface area contributed by atoms with Gasteiger partial charge >= 0.3 is 12.4 Å². The number of ketones is 1. The maximum absolute atomic E-state index is 14.0. The van der Waals surface area contributed by atoms with Crippen LogP contribution < -0.4 is 15.5 Å². The number of imidazole rings is 2. The van der Waals surface area contributed by atoms with Crippen LogP contribution in [0.25, 0.3) is 44.8 Å². The molecule has 2 aliphatic heterocycles. The van der Waals surface area contributed by atoms with E-state index in [1.165, 1.54) is 24.5 Å². The first-order chi connectivity index (χ1) is 33.7. The number of fused-ring (bicyclic) bond motifs is 2. The first kappa shape index (κ1) is 50.2. The number of carbonyl (C=O) groups excluding carboxylic acids is 2. The molecule has 0 aliphatic carbocycles. The summed E-state index contributed by atoms with van der Waals surface area (Å²) in [4.78, 5) is 45.8. The van der Waals surface area contributed by atoms with E-state index < -0.39 is 28.7 Å². The van der Waals surface area contributed by atoms with E-state index in [2.05, 4.69) is 44.6 Å². The molecule has 15 nitrogen and oxygen atoms in total. The molecule has 22 heteroatoms. The highest BCUT2D eigenvalue weighted by Gasteiger charge is 2.37. The second kappa shape index (κ2) is 20.6. The highest BCUT2D eigenvalue weighted by Crippen LogP contribution is 2.41. The molecule has 4 aromatic carbocycles. The molecule has 372 valence electrons. The Morgan fingerprint density at radius 2 is 1.08 bits per heavy atom. The third-order valence-electron chi connectivity index (χ3n) is 12.3. The number of nitrogens with two attached hydrogens (primary N) is 1. The number of likely N-dealkylation sites (N-methyl/N-ethyl adjacent to an activating group) is 2. The Labute approximate surface area is 407 Å². The average Bonchev–Trinajstić information content (AvgIpc) is 4.16. The van der Waals surface area contributed by atoms with E-state index in [1.807, 2.05) is 14.1 Å². The summed E-state index contributed by atoms with van der Waals surface area (Å²) in [6, 6.07) is 19.3. The number of nitrogens with one attached hydrogen (secondary N) is 2. The summed E-state index contributed by atoms with van der Waals surface area (Å²) >= 11 is 5.11. The molecule has 0 saturated carbocycles. The van der Waals surface area contributed by atoms with Crippen molar-refractivity contribution in [3.63, 3.8) is 0 Å². The van der Waals surface area contributed by atoms with Gasteiger partial charge in [-0.3, -0.25) is 9.59 Å². The summed E-state index contributed by atoms with van der Waals surface area (Å²) in [5, 5.41) is 6.47. The summed E-state index contributed by atoms with van der Waals surface area (Å²) in [7, 11) is 3.93. The molecule has 0 atom stereocenters. The second-order valence-corrected chi connectivity index (χ2v) is 17.6. The van der Waals surface area contributed by atoms with E-state index in [0.717, 1.165) is 24.7 Å². The number of aryl methyl sites for hydroxylation is 2. The van der Waals surface area contributed by atoms with Gasteiger partial charge in [0.2, 0.25) is 0 Å². The third kappa shape index (κ3) is 11.7. The van der Waals surface area contributed by atoms with Crippen LogP contribution in [-0.2, 0) is 18.8 Å². The van der Waals surface area contributed by atoms with Crippen LogP contribution in [0.15, 0.2) is 94.2 Å². The number of halogens is 7. The molecular formula is C49H48ClF6N11O4. The number of carbonyl (C=O) groups is 2. The van der Waals surface area contributed by atoms with Crippen LogP contribution >= 0.6 is 11.6 Å². The van der Waals surface area contributed by atoms with Crippen molar-refractivity contribution in [2.45, 2.75) is 32.6 Å². The summed E-state index contributed by atoms with van der Waals surface area (Å²) in [6.45, 7) is 8.43. The number of Topliss-reactive ketones (excluding diaryl/α,β-unsaturated/α-hetero) is 1. The van der Waals surface area contributed by atoms with E-state index in [-0.39, 0.29) is 23.6 Å². The molecule has 0 bridgehead atoms. The van der Waals surface area contributed by atoms with Gasteiger partial charge in [0, 0.05) is 87.0 Å². The lowest BCUT2D eigenvalue weighted by molar-refractivity contribution is -0.138. The number of aromatic amines is 2. The fourth-order valence-corrected chi connectivity index (χ4v) is 8.45. The van der Waals surface area contributed by atoms with Crippen molar-refractivity contribution in [1.82, 2.24) is 40.0 Å². The molecule has 10 rings (SSSR count). The van der Waals surface area contributed by atoms with Crippen LogP contribution in [0.3, 0.4) is 0 Å². The summed E-state index contributed by atoms with van der Waals surface area (Å²) in [6.07, 6.45) is -6.09. The summed E-state index contributed by atoms with van der Waals surface area (Å²) in [5.74, 6) is 1.52. The molecule has 0 unspecified atom stereocenters. The maximum Gasteiger partial charge on any atom is 0.418 e. The highest BCUT2D eigenvalue weighted by atomic mass is 35.5. The van der Waals surface area contributed by atoms with Crippen molar-refractivity contribution in [3.05, 3.63) is 125 Å². The standard InChI is InChI=1S/C25H24F3N5O2.C19H20F3N5.C5H4ClNO2/c1-15-18(14-29-35-15)23(34)12-16-3-5-20-21(11-16)31-24(30-20)17-4-6-22(19(13-17)25(26,27)28)33-9-7-32(2)8-10-33;1-26-6-8-27(9-7-26)17-5-2-12(10-14(17)19(20,21)22)18-24-15-4-3-13(23)11-16(15)25-18;1-3-4(5(6)8)2-7-9-3/h3-6,11,13-14H,7-10,12H2,1-2H3,(H,30,31);2-5,10-11H,6-9,23H2,1H3,(H,24,25);2H,1H3. The molecule has 2 aliphatic rings. The largest absolute Gasteiger partial charge is 0.418 e. The fourth-order valence-electron chi connectivity index (χ4n) is 8.27. The number of piperazine rings is 2. The topological polar surface area (TPSA) is 183 Å². The van der Waals surface area contributed by atoms with Gasteiger partial charge in [0.15, 0.2) is 5.78 Å². The molecular weight excluding hydrogens is 956 g/mol. The van der Waals surface area contributed by atoms with Gasteiger partial charge in [-0.1, -0.05) is 16.4 Å². The Hall–Kier alpha value is -7.23. The zero-order valence-corrected chi connectivity index (χ0v) is 39.6. The number of nitrogens with zero attached hydrogens (tertiary/aromatic N) is 8. The lowest BCUT2D eigenvalue weighted by Gasteiger charge is -2.35. The van der Waals surface area contributed by atoms with Gasteiger partial charge in [-0.05, 0) is 112 Å². The Balaban J connectivity index is 0.000000166. The Bertz CT molecular complexity index is 3180. The van der Waals surface area contributed by atoms with Gasteiger partial charge in [0.25, 0.3) is 5.24 Å². The number of hydrogen-bond donors (Lipinski definition) is 3. The van der Waals surface area contributed by atoms with E-state index >= 15 is 0 Å². The number of anilines is 3. The zero-order chi connectivity index (χ0) is 50.8. The van der Waals surface area contributed by atoms with Gasteiger partial charge in [0.05, 0.1) is 56.7 Å². The van der Waals surface area contributed by atoms with E-state index in [9.17, 15) is 35.9 Å². The van der Waals surface area contributed by atoms with Crippen molar-refractivity contribution >= 4 is 61.8 Å². The number of rotatable bonds is 8. The van der Waals surface area contributed by atoms with Crippen LogP contribution in [0.2, 0.25) is 0 Å². The quantitative estimate of drug-likeness (QED) is 0.0567. The second-order valence-electron chi connectivity index (χ2n) is 17.3. The summed E-state index contributed by atoms with van der Waals surface area (Å²) in [5.41, 5.74) is 10.3. The summed E-state index contributed by atoms with van der Waals surface area (Å²) < 4.78 is 92.7. The fraction of sp³-hybridized carbons (Fsp3) is 0.306. The SMILES string of the molecule is CN1CCN(c2ccc(-c3nc4ccc(N)cc4[nH]3)cc2C(F)(F)F)CC1.Cc1oncc1C(=O)Cc1ccc2nc(-c3ccc(N4CCN(C)CC4)c(C(F)(F)F)c3)[nH]c2c1.Cc1oncc1C(=O)Cl. The van der Waals surface area contributed by atoms with E-state index in [1.54, 1.807) is 78.2 Å². The molecule has 2 fully saturated rings. The maximum atomic E-state index is 14.0. The smallest absolute Gasteiger partial charge is 0.399 e. The molecule has 8 aromatic rings. The Morgan fingerprint density at radius 3 is 1.51 bits per heavy atom. The molecule has 0 amide bonds. The van der Waals surface area contributed by atoms with Gasteiger partial charge in [-0.25, -0.2) is 9.97 Å². The number of aromatic nitrogens is 6. The minimum absolute atomic E-state index is 0.128. The highest BCUT2D eigenvalue weighted by molar-refractivity contribution is 6.67. The van der Waals surface area contributed by atoms with Crippen molar-refractivity contribution < 1.29 is 45.0 Å². The minimum atomic E-state index is -4.49. The molecule has 0 radical (unpaired) electrons. The van der Waals surface area contributed by atoms with E-state index in [0.29, 0.717) is 112 Å².